The highest BCUT2D eigenvalue weighted by Crippen LogP contribution is 2.47. The van der Waals surface area contributed by atoms with Crippen LogP contribution in [0.1, 0.15) is 76.5 Å². The minimum absolute atomic E-state index is 0.347. The number of hydrogen-bond acceptors (Lipinski definition) is 2. The highest BCUT2D eigenvalue weighted by molar-refractivity contribution is 5.48. The molecular formula is C21H35N3. The molecule has 1 aromatic rings. The van der Waals surface area contributed by atoms with Gasteiger partial charge in [-0.3, -0.25) is 0 Å². The van der Waals surface area contributed by atoms with E-state index in [4.69, 9.17) is 4.98 Å². The maximum Gasteiger partial charge on any atom is 0.123 e. The van der Waals surface area contributed by atoms with E-state index in [0.717, 1.165) is 36.4 Å². The summed E-state index contributed by atoms with van der Waals surface area (Å²) in [6.45, 7) is 10.1. The van der Waals surface area contributed by atoms with Gasteiger partial charge in [-0.2, -0.15) is 0 Å². The standard InChI is InChI=1S/C21H35N3/c1-6-7-8-19-17(4)23-20(24(19)5)14-22-21-11-15(2)9-18(13-21)10-16(3)12-21/h7-8,15-16,18,22H,6,9-14H2,1-5H3. The normalized spacial score (nSPS) is 33.3. The third-order valence-corrected chi connectivity index (χ3v) is 6.18. The highest BCUT2D eigenvalue weighted by atomic mass is 15.1. The summed E-state index contributed by atoms with van der Waals surface area (Å²) >= 11 is 0. The quantitative estimate of drug-likeness (QED) is 0.837. The van der Waals surface area contributed by atoms with Crippen molar-refractivity contribution in [2.75, 3.05) is 0 Å². The van der Waals surface area contributed by atoms with Crippen LogP contribution >= 0.6 is 0 Å². The van der Waals surface area contributed by atoms with Gasteiger partial charge in [0.1, 0.15) is 5.82 Å². The zero-order chi connectivity index (χ0) is 17.3. The SMILES string of the molecule is CCC=Cc1c(C)nc(CNC23CC(C)CC(CC(C)C2)C3)n1C. The van der Waals surface area contributed by atoms with E-state index in [1.54, 1.807) is 0 Å². The van der Waals surface area contributed by atoms with E-state index in [0.29, 0.717) is 5.54 Å². The van der Waals surface area contributed by atoms with E-state index >= 15 is 0 Å². The molecule has 2 bridgehead atoms. The molecule has 24 heavy (non-hydrogen) atoms. The maximum atomic E-state index is 4.84. The third-order valence-electron chi connectivity index (χ3n) is 6.18. The average molecular weight is 330 g/mol. The number of hydrogen-bond donors (Lipinski definition) is 1. The average Bonchev–Trinajstić information content (AvgIpc) is 2.76. The van der Waals surface area contributed by atoms with Gasteiger partial charge in [-0.1, -0.05) is 26.8 Å². The predicted molar refractivity (Wildman–Crippen MR) is 102 cm³/mol. The van der Waals surface area contributed by atoms with Gasteiger partial charge in [0, 0.05) is 12.6 Å². The highest BCUT2D eigenvalue weighted by Gasteiger charge is 2.43. The fourth-order valence-corrected chi connectivity index (χ4v) is 5.51. The molecule has 2 saturated carbocycles. The Balaban J connectivity index is 1.74. The Morgan fingerprint density at radius 3 is 2.50 bits per heavy atom. The van der Waals surface area contributed by atoms with Crippen molar-refractivity contribution >= 4 is 6.08 Å². The molecule has 134 valence electrons. The fourth-order valence-electron chi connectivity index (χ4n) is 5.51. The molecule has 0 spiro atoms. The third kappa shape index (κ3) is 3.61. The fraction of sp³-hybridized carbons (Fsp3) is 0.762. The van der Waals surface area contributed by atoms with Crippen LogP contribution in [0.15, 0.2) is 6.08 Å². The number of imidazole rings is 1. The van der Waals surface area contributed by atoms with Crippen LogP contribution in [0.25, 0.3) is 6.08 Å². The maximum absolute atomic E-state index is 4.84. The molecule has 0 amide bonds. The van der Waals surface area contributed by atoms with Crippen LogP contribution in [0.5, 0.6) is 0 Å². The molecule has 2 aliphatic carbocycles. The van der Waals surface area contributed by atoms with Crippen LogP contribution in [0.3, 0.4) is 0 Å². The number of nitrogens with zero attached hydrogens (tertiary/aromatic N) is 2. The second kappa shape index (κ2) is 7.03. The lowest BCUT2D eigenvalue weighted by Crippen LogP contribution is -2.54. The van der Waals surface area contributed by atoms with Gasteiger partial charge in [-0.25, -0.2) is 4.98 Å². The van der Waals surface area contributed by atoms with E-state index in [2.05, 4.69) is 56.8 Å². The number of aromatic nitrogens is 2. The molecule has 1 heterocycles. The molecule has 2 atom stereocenters. The molecule has 0 radical (unpaired) electrons. The molecule has 1 aromatic heterocycles. The summed E-state index contributed by atoms with van der Waals surface area (Å²) in [5.41, 5.74) is 2.74. The van der Waals surface area contributed by atoms with Crippen LogP contribution in [-0.4, -0.2) is 15.1 Å². The largest absolute Gasteiger partial charge is 0.330 e. The molecule has 0 aromatic carbocycles. The summed E-state index contributed by atoms with van der Waals surface area (Å²) in [5.74, 6) is 3.81. The molecule has 0 aliphatic heterocycles. The second-order valence-corrected chi connectivity index (χ2v) is 8.66. The topological polar surface area (TPSA) is 29.9 Å². The lowest BCUT2D eigenvalue weighted by Gasteiger charge is -2.50. The summed E-state index contributed by atoms with van der Waals surface area (Å²) in [7, 11) is 2.15. The molecule has 3 heteroatoms. The van der Waals surface area contributed by atoms with Crippen LogP contribution in [-0.2, 0) is 13.6 Å². The minimum atomic E-state index is 0.347. The summed E-state index contributed by atoms with van der Waals surface area (Å²) in [6, 6.07) is 0. The Labute approximate surface area is 147 Å². The first-order valence-electron chi connectivity index (χ1n) is 9.86. The van der Waals surface area contributed by atoms with Crippen molar-refractivity contribution in [2.45, 2.75) is 78.3 Å². The summed E-state index contributed by atoms with van der Waals surface area (Å²) in [6.07, 6.45) is 12.4. The van der Waals surface area contributed by atoms with E-state index < -0.39 is 0 Å². The summed E-state index contributed by atoms with van der Waals surface area (Å²) in [4.78, 5) is 4.84. The monoisotopic (exact) mass is 329 g/mol. The Morgan fingerprint density at radius 1 is 1.21 bits per heavy atom. The van der Waals surface area contributed by atoms with Crippen LogP contribution in [0, 0.1) is 24.7 Å². The number of fused-ring (bicyclic) bond motifs is 2. The molecule has 3 rings (SSSR count). The lowest BCUT2D eigenvalue weighted by molar-refractivity contribution is 0.0536. The van der Waals surface area contributed by atoms with Gasteiger partial charge in [0.25, 0.3) is 0 Å². The Bertz CT molecular complexity index is 579. The molecular weight excluding hydrogens is 294 g/mol. The van der Waals surface area contributed by atoms with Gasteiger partial charge in [-0.15, -0.1) is 0 Å². The second-order valence-electron chi connectivity index (χ2n) is 8.66. The molecule has 1 N–H and O–H groups in total. The first-order valence-corrected chi connectivity index (χ1v) is 9.86. The molecule has 2 unspecified atom stereocenters. The zero-order valence-corrected chi connectivity index (χ0v) is 16.2. The van der Waals surface area contributed by atoms with Gasteiger partial charge in [0.05, 0.1) is 17.9 Å². The van der Waals surface area contributed by atoms with Crippen molar-refractivity contribution in [1.29, 1.82) is 0 Å². The molecule has 2 aliphatic rings. The van der Waals surface area contributed by atoms with Crippen LogP contribution < -0.4 is 5.32 Å². The summed E-state index contributed by atoms with van der Waals surface area (Å²) < 4.78 is 2.27. The first kappa shape index (κ1) is 17.7. The molecule has 0 saturated heterocycles. The lowest BCUT2D eigenvalue weighted by atomic mass is 9.61. The van der Waals surface area contributed by atoms with E-state index in [9.17, 15) is 0 Å². The van der Waals surface area contributed by atoms with Crippen molar-refractivity contribution in [3.05, 3.63) is 23.3 Å². The van der Waals surface area contributed by atoms with Crippen molar-refractivity contribution in [1.82, 2.24) is 14.9 Å². The van der Waals surface area contributed by atoms with Crippen molar-refractivity contribution in [3.63, 3.8) is 0 Å². The van der Waals surface area contributed by atoms with Gasteiger partial charge < -0.3 is 9.88 Å². The Kier molecular flexibility index (Phi) is 5.19. The minimum Gasteiger partial charge on any atom is -0.330 e. The van der Waals surface area contributed by atoms with Crippen molar-refractivity contribution < 1.29 is 0 Å². The first-order chi connectivity index (χ1) is 11.4. The predicted octanol–water partition coefficient (Wildman–Crippen LogP) is 4.85. The number of rotatable bonds is 5. The molecule has 2 fully saturated rings. The van der Waals surface area contributed by atoms with Crippen molar-refractivity contribution in [3.8, 4) is 0 Å². The van der Waals surface area contributed by atoms with E-state index in [-0.39, 0.29) is 0 Å². The van der Waals surface area contributed by atoms with E-state index in [1.165, 1.54) is 43.6 Å². The Hall–Kier alpha value is -1.09. The molecule has 3 nitrogen and oxygen atoms in total. The van der Waals surface area contributed by atoms with Crippen LogP contribution in [0.2, 0.25) is 0 Å². The summed E-state index contributed by atoms with van der Waals surface area (Å²) in [5, 5.41) is 3.97. The zero-order valence-electron chi connectivity index (χ0n) is 16.2. The smallest absolute Gasteiger partial charge is 0.123 e. The van der Waals surface area contributed by atoms with Crippen molar-refractivity contribution in [2.24, 2.45) is 24.8 Å². The number of nitrogens with one attached hydrogen (secondary N) is 1. The number of aryl methyl sites for hydroxylation is 1. The van der Waals surface area contributed by atoms with Gasteiger partial charge in [0.2, 0.25) is 0 Å². The van der Waals surface area contributed by atoms with Crippen LogP contribution in [0.4, 0.5) is 0 Å². The van der Waals surface area contributed by atoms with Gasteiger partial charge in [0.15, 0.2) is 0 Å². The van der Waals surface area contributed by atoms with Gasteiger partial charge >= 0.3 is 0 Å². The number of allylic oxidation sites excluding steroid dienone is 1. The van der Waals surface area contributed by atoms with E-state index in [1.807, 2.05) is 0 Å². The Morgan fingerprint density at radius 2 is 1.88 bits per heavy atom. The van der Waals surface area contributed by atoms with Gasteiger partial charge in [-0.05, 0) is 69.3 Å².